The molecule has 5 heteroatoms. The smallest absolute Gasteiger partial charge is 0.306 e. The van der Waals surface area contributed by atoms with Gasteiger partial charge in [-0.05, 0) is 67.4 Å². The molecular weight excluding hydrogens is 404 g/mol. The predicted octanol–water partition coefficient (Wildman–Crippen LogP) is 4.43. The van der Waals surface area contributed by atoms with Crippen LogP contribution in [0.1, 0.15) is 72.6 Å². The molecule has 0 amide bonds. The molecule has 8 atom stereocenters. The first-order valence-electron chi connectivity index (χ1n) is 12.4. The van der Waals surface area contributed by atoms with Gasteiger partial charge in [-0.25, -0.2) is 0 Å². The number of allylic oxidation sites excluding steroid dienone is 4. The van der Waals surface area contributed by atoms with Crippen LogP contribution in [0, 0.1) is 40.4 Å². The lowest BCUT2D eigenvalue weighted by Gasteiger charge is -2.58. The zero-order valence-corrected chi connectivity index (χ0v) is 19.9. The van der Waals surface area contributed by atoms with Crippen molar-refractivity contribution in [2.24, 2.45) is 40.4 Å². The van der Waals surface area contributed by atoms with Gasteiger partial charge < -0.3 is 9.84 Å². The Balaban J connectivity index is 1.55. The second kappa shape index (κ2) is 8.55. The molecule has 0 heterocycles. The number of rotatable bonds is 6. The Kier molecular flexibility index (Phi) is 6.26. The molecule has 0 saturated heterocycles. The summed E-state index contributed by atoms with van der Waals surface area (Å²) in [6, 6.07) is 0. The van der Waals surface area contributed by atoms with Crippen LogP contribution in [0.5, 0.6) is 0 Å². The van der Waals surface area contributed by atoms with E-state index < -0.39 is 6.10 Å². The summed E-state index contributed by atoms with van der Waals surface area (Å²) in [5.74, 6) is 0.480. The van der Waals surface area contributed by atoms with Gasteiger partial charge in [-0.1, -0.05) is 45.8 Å². The van der Waals surface area contributed by atoms with Gasteiger partial charge in [0, 0.05) is 23.7 Å². The third kappa shape index (κ3) is 3.70. The number of aliphatic hydroxyl groups excluding tert-OH is 1. The summed E-state index contributed by atoms with van der Waals surface area (Å²) in [6.07, 6.45) is 10.3. The molecule has 0 aliphatic heterocycles. The summed E-state index contributed by atoms with van der Waals surface area (Å²) in [6.45, 7) is 8.35. The third-order valence-corrected chi connectivity index (χ3v) is 9.29. The molecule has 4 aliphatic rings. The van der Waals surface area contributed by atoms with Crippen molar-refractivity contribution in [2.75, 3.05) is 6.61 Å². The summed E-state index contributed by atoms with van der Waals surface area (Å²) in [7, 11) is 0. The van der Waals surface area contributed by atoms with Crippen LogP contribution in [0.25, 0.3) is 0 Å². The van der Waals surface area contributed by atoms with Crippen molar-refractivity contribution in [2.45, 2.75) is 78.7 Å². The first kappa shape index (κ1) is 23.4. The standard InChI is InChI=1S/C27H38O5/c1-5-6-7-23(31)32-15-22(30)24-16(2)12-20-19-9-8-17-13-18(28)10-11-26(17,3)25(19)21(29)14-27(20,24)4/h10-11,13,16,19-21,24-25,29H,5-9,12,14-15H2,1-4H3/t16-,19+,20+,21+,24-,25-,26+,27+/m1/s1. The SMILES string of the molecule is CCCCC(=O)OCC(=O)[C@H]1[C@H](C)C[C@H]2[C@@H]3CCC4=CC(=O)C=C[C@]4(C)[C@H]3[C@@H](O)C[C@@]21C. The maximum absolute atomic E-state index is 13.3. The van der Waals surface area contributed by atoms with E-state index in [0.717, 1.165) is 37.7 Å². The van der Waals surface area contributed by atoms with Crippen LogP contribution in [-0.4, -0.2) is 35.4 Å². The molecule has 1 N–H and O–H groups in total. The minimum atomic E-state index is -0.527. The van der Waals surface area contributed by atoms with Crippen molar-refractivity contribution < 1.29 is 24.2 Å². The molecule has 4 aliphatic carbocycles. The average molecular weight is 443 g/mol. The van der Waals surface area contributed by atoms with Crippen LogP contribution in [0.4, 0.5) is 0 Å². The van der Waals surface area contributed by atoms with Gasteiger partial charge >= 0.3 is 5.97 Å². The highest BCUT2D eigenvalue weighted by Crippen LogP contribution is 2.67. The fourth-order valence-corrected chi connectivity index (χ4v) is 8.01. The minimum absolute atomic E-state index is 0.00348. The second-order valence-electron chi connectivity index (χ2n) is 11.2. The van der Waals surface area contributed by atoms with Gasteiger partial charge in [-0.2, -0.15) is 0 Å². The average Bonchev–Trinajstić information content (AvgIpc) is 3.00. The highest BCUT2D eigenvalue weighted by molar-refractivity contribution is 6.01. The van der Waals surface area contributed by atoms with Crippen LogP contribution >= 0.6 is 0 Å². The number of ketones is 2. The molecule has 0 aromatic rings. The molecule has 0 spiro atoms. The van der Waals surface area contributed by atoms with Crippen molar-refractivity contribution in [1.29, 1.82) is 0 Å². The van der Waals surface area contributed by atoms with Gasteiger partial charge in [0.1, 0.15) is 6.61 Å². The maximum atomic E-state index is 13.3. The van der Waals surface area contributed by atoms with E-state index in [1.54, 1.807) is 12.2 Å². The Labute approximate surface area is 191 Å². The summed E-state index contributed by atoms with van der Waals surface area (Å²) in [5.41, 5.74) is 0.558. The molecule has 0 aromatic heterocycles. The zero-order valence-electron chi connectivity index (χ0n) is 19.9. The highest BCUT2D eigenvalue weighted by atomic mass is 16.5. The van der Waals surface area contributed by atoms with Crippen LogP contribution in [0.15, 0.2) is 23.8 Å². The molecule has 3 fully saturated rings. The minimum Gasteiger partial charge on any atom is -0.458 e. The molecule has 0 bridgehead atoms. The fraction of sp³-hybridized carbons (Fsp3) is 0.741. The number of aliphatic hydroxyl groups is 1. The van der Waals surface area contributed by atoms with Gasteiger partial charge in [0.15, 0.2) is 11.6 Å². The van der Waals surface area contributed by atoms with E-state index in [4.69, 9.17) is 4.74 Å². The van der Waals surface area contributed by atoms with E-state index in [1.807, 2.05) is 13.0 Å². The lowest BCUT2D eigenvalue weighted by Crippen LogP contribution is -2.56. The van der Waals surface area contributed by atoms with Crippen LogP contribution in [0.2, 0.25) is 0 Å². The van der Waals surface area contributed by atoms with E-state index >= 15 is 0 Å². The molecule has 5 nitrogen and oxygen atoms in total. The van der Waals surface area contributed by atoms with Crippen molar-refractivity contribution in [3.63, 3.8) is 0 Å². The molecule has 32 heavy (non-hydrogen) atoms. The van der Waals surface area contributed by atoms with E-state index in [9.17, 15) is 19.5 Å². The molecule has 0 radical (unpaired) electrons. The molecule has 0 unspecified atom stereocenters. The number of hydrogen-bond donors (Lipinski definition) is 1. The summed E-state index contributed by atoms with van der Waals surface area (Å²) < 4.78 is 5.32. The number of ether oxygens (including phenoxy) is 1. The first-order chi connectivity index (χ1) is 15.1. The number of fused-ring (bicyclic) bond motifs is 5. The van der Waals surface area contributed by atoms with Crippen molar-refractivity contribution in [1.82, 2.24) is 0 Å². The summed E-state index contributed by atoms with van der Waals surface area (Å²) >= 11 is 0. The quantitative estimate of drug-likeness (QED) is 0.616. The number of esters is 1. The number of unbranched alkanes of at least 4 members (excludes halogenated alkanes) is 1. The molecule has 0 aromatic carbocycles. The highest BCUT2D eigenvalue weighted by Gasteiger charge is 2.64. The van der Waals surface area contributed by atoms with E-state index in [2.05, 4.69) is 20.8 Å². The Morgan fingerprint density at radius 2 is 2.03 bits per heavy atom. The predicted molar refractivity (Wildman–Crippen MR) is 122 cm³/mol. The van der Waals surface area contributed by atoms with Gasteiger partial charge in [0.05, 0.1) is 6.10 Å². The summed E-state index contributed by atoms with van der Waals surface area (Å²) in [4.78, 5) is 37.2. The topological polar surface area (TPSA) is 80.7 Å². The van der Waals surface area contributed by atoms with Crippen LogP contribution < -0.4 is 0 Å². The van der Waals surface area contributed by atoms with E-state index in [-0.39, 0.29) is 52.7 Å². The van der Waals surface area contributed by atoms with Gasteiger partial charge in [-0.3, -0.25) is 14.4 Å². The molecule has 4 rings (SSSR count). The molecular formula is C27H38O5. The Morgan fingerprint density at radius 1 is 1.28 bits per heavy atom. The lowest BCUT2D eigenvalue weighted by atomic mass is 9.46. The van der Waals surface area contributed by atoms with Crippen molar-refractivity contribution >= 4 is 17.5 Å². The van der Waals surface area contributed by atoms with Crippen molar-refractivity contribution in [3.05, 3.63) is 23.8 Å². The number of Topliss-reactive ketones (excluding diaryl/α,β-unsaturated/α-hetero) is 1. The fourth-order valence-electron chi connectivity index (χ4n) is 8.01. The second-order valence-corrected chi connectivity index (χ2v) is 11.2. The Morgan fingerprint density at radius 3 is 2.75 bits per heavy atom. The van der Waals surface area contributed by atoms with Gasteiger partial charge in [-0.15, -0.1) is 0 Å². The number of carbonyl (C=O) groups is 3. The largest absolute Gasteiger partial charge is 0.458 e. The third-order valence-electron chi connectivity index (χ3n) is 9.29. The zero-order chi connectivity index (χ0) is 23.3. The van der Waals surface area contributed by atoms with Gasteiger partial charge in [0.2, 0.25) is 0 Å². The van der Waals surface area contributed by atoms with Crippen LogP contribution in [-0.2, 0) is 19.1 Å². The lowest BCUT2D eigenvalue weighted by molar-refractivity contribution is -0.154. The Bertz CT molecular complexity index is 856. The van der Waals surface area contributed by atoms with E-state index in [0.29, 0.717) is 24.7 Å². The number of hydrogen-bond acceptors (Lipinski definition) is 5. The molecule has 176 valence electrons. The summed E-state index contributed by atoms with van der Waals surface area (Å²) in [5, 5.41) is 11.4. The normalized spacial score (nSPS) is 42.5. The first-order valence-corrected chi connectivity index (χ1v) is 12.4. The number of carbonyl (C=O) groups excluding carboxylic acids is 3. The molecule has 3 saturated carbocycles. The van der Waals surface area contributed by atoms with Gasteiger partial charge in [0.25, 0.3) is 0 Å². The maximum Gasteiger partial charge on any atom is 0.306 e. The Hall–Kier alpha value is -1.75. The van der Waals surface area contributed by atoms with Crippen LogP contribution in [0.3, 0.4) is 0 Å². The van der Waals surface area contributed by atoms with Crippen molar-refractivity contribution in [3.8, 4) is 0 Å². The monoisotopic (exact) mass is 442 g/mol. The van der Waals surface area contributed by atoms with E-state index in [1.165, 1.54) is 0 Å².